The predicted octanol–water partition coefficient (Wildman–Crippen LogP) is 6.15. The number of aromatic nitrogens is 1. The number of carbonyl (C=O) groups is 2. The van der Waals surface area contributed by atoms with Gasteiger partial charge in [0, 0.05) is 48.5 Å². The summed E-state index contributed by atoms with van der Waals surface area (Å²) in [5.41, 5.74) is 4.04. The van der Waals surface area contributed by atoms with E-state index >= 15 is 0 Å². The van der Waals surface area contributed by atoms with Crippen molar-refractivity contribution in [1.82, 2.24) is 9.88 Å². The highest BCUT2D eigenvalue weighted by Crippen LogP contribution is 2.33. The van der Waals surface area contributed by atoms with Crippen molar-refractivity contribution < 1.29 is 9.59 Å². The lowest BCUT2D eigenvalue weighted by molar-refractivity contribution is 0.0651. The third-order valence-corrected chi connectivity index (χ3v) is 7.24. The Balaban J connectivity index is 1.10. The van der Waals surface area contributed by atoms with Crippen LogP contribution >= 0.6 is 11.6 Å². The second kappa shape index (κ2) is 10.6. The zero-order valence-corrected chi connectivity index (χ0v) is 20.7. The summed E-state index contributed by atoms with van der Waals surface area (Å²) in [6.07, 6.45) is 9.13. The van der Waals surface area contributed by atoms with Crippen molar-refractivity contribution in [2.45, 2.75) is 44.9 Å². The molecule has 0 unspecified atom stereocenters. The van der Waals surface area contributed by atoms with Gasteiger partial charge >= 0.3 is 0 Å². The van der Waals surface area contributed by atoms with E-state index in [9.17, 15) is 9.59 Å². The van der Waals surface area contributed by atoms with Crippen molar-refractivity contribution in [3.8, 4) is 0 Å². The number of amides is 2. The van der Waals surface area contributed by atoms with E-state index in [-0.39, 0.29) is 11.8 Å². The fraction of sp³-hybridized carbons (Fsp3) is 0.393. The molecule has 3 heterocycles. The highest BCUT2D eigenvalue weighted by atomic mass is 35.5. The number of rotatable bonds is 9. The molecule has 2 amide bonds. The number of pyridine rings is 1. The van der Waals surface area contributed by atoms with Gasteiger partial charge in [-0.25, -0.2) is 0 Å². The first-order chi connectivity index (χ1) is 17.1. The predicted molar refractivity (Wildman–Crippen MR) is 142 cm³/mol. The molecule has 1 aromatic heterocycles. The third-order valence-electron chi connectivity index (χ3n) is 7.00. The van der Waals surface area contributed by atoms with Crippen LogP contribution in [0.25, 0.3) is 10.9 Å². The Kier molecular flexibility index (Phi) is 7.19. The van der Waals surface area contributed by atoms with Gasteiger partial charge in [0.05, 0.1) is 22.3 Å². The summed E-state index contributed by atoms with van der Waals surface area (Å²) in [7, 11) is 0. The molecule has 0 bridgehead atoms. The molecule has 2 aliphatic rings. The number of fused-ring (bicyclic) bond motifs is 2. The molecule has 0 atom stereocenters. The van der Waals surface area contributed by atoms with Crippen molar-refractivity contribution in [3.05, 3.63) is 64.8 Å². The zero-order valence-electron chi connectivity index (χ0n) is 19.9. The van der Waals surface area contributed by atoms with Gasteiger partial charge in [0.15, 0.2) is 0 Å². The summed E-state index contributed by atoms with van der Waals surface area (Å²) in [4.78, 5) is 34.2. The van der Waals surface area contributed by atoms with Crippen LogP contribution in [-0.4, -0.2) is 47.9 Å². The summed E-state index contributed by atoms with van der Waals surface area (Å²) in [5, 5.41) is 5.24. The maximum Gasteiger partial charge on any atom is 0.263 e. The number of piperidine rings is 1. The molecule has 0 aliphatic carbocycles. The van der Waals surface area contributed by atoms with E-state index in [0.29, 0.717) is 22.7 Å². The Bertz CT molecular complexity index is 1240. The van der Waals surface area contributed by atoms with E-state index in [1.807, 2.05) is 36.4 Å². The van der Waals surface area contributed by atoms with Gasteiger partial charge in [0.1, 0.15) is 0 Å². The lowest BCUT2D eigenvalue weighted by Crippen LogP contribution is -2.33. The Morgan fingerprint density at radius 3 is 2.60 bits per heavy atom. The average Bonchev–Trinajstić information content (AvgIpc) is 3.13. The second-order valence-electron chi connectivity index (χ2n) is 9.37. The monoisotopic (exact) mass is 490 g/mol. The molecule has 2 aliphatic heterocycles. The maximum atomic E-state index is 13.2. The Morgan fingerprint density at radius 2 is 1.74 bits per heavy atom. The van der Waals surface area contributed by atoms with Gasteiger partial charge in [0.25, 0.3) is 11.8 Å². The van der Waals surface area contributed by atoms with Crippen LogP contribution in [-0.2, 0) is 0 Å². The van der Waals surface area contributed by atoms with Crippen LogP contribution in [0.3, 0.4) is 0 Å². The SMILES string of the molecule is O=C1c2cccc(N3CCCCC3)c2C(=O)N1CCCCCCNc1ccnc2cc(Cl)ccc12. The molecule has 0 spiro atoms. The van der Waals surface area contributed by atoms with E-state index in [1.54, 1.807) is 12.3 Å². The number of unbranched alkanes of at least 4 members (excludes halogenated alkanes) is 3. The Hall–Kier alpha value is -3.12. The van der Waals surface area contributed by atoms with Gasteiger partial charge in [-0.15, -0.1) is 0 Å². The van der Waals surface area contributed by atoms with E-state index in [4.69, 9.17) is 11.6 Å². The topological polar surface area (TPSA) is 65.5 Å². The fourth-order valence-electron chi connectivity index (χ4n) is 5.16. The normalized spacial score (nSPS) is 15.7. The minimum atomic E-state index is -0.143. The van der Waals surface area contributed by atoms with Crippen molar-refractivity contribution in [1.29, 1.82) is 0 Å². The number of nitrogens with zero attached hydrogens (tertiary/aromatic N) is 3. The number of halogens is 1. The van der Waals surface area contributed by atoms with E-state index < -0.39 is 0 Å². The second-order valence-corrected chi connectivity index (χ2v) is 9.81. The number of nitrogens with one attached hydrogen (secondary N) is 1. The molecular weight excluding hydrogens is 460 g/mol. The van der Waals surface area contributed by atoms with Crippen LogP contribution in [0.1, 0.15) is 65.7 Å². The molecule has 7 heteroatoms. The minimum absolute atomic E-state index is 0.127. The third kappa shape index (κ3) is 4.98. The number of hydrogen-bond acceptors (Lipinski definition) is 5. The molecular formula is C28H31ClN4O2. The van der Waals surface area contributed by atoms with E-state index in [1.165, 1.54) is 11.3 Å². The Labute approximate surface area is 211 Å². The van der Waals surface area contributed by atoms with Gasteiger partial charge in [-0.2, -0.15) is 0 Å². The molecule has 0 saturated carbocycles. The van der Waals surface area contributed by atoms with Gasteiger partial charge in [-0.3, -0.25) is 19.5 Å². The first kappa shape index (κ1) is 23.6. The van der Waals surface area contributed by atoms with Crippen molar-refractivity contribution in [2.75, 3.05) is 36.4 Å². The van der Waals surface area contributed by atoms with Crippen LogP contribution in [0.15, 0.2) is 48.7 Å². The van der Waals surface area contributed by atoms with Crippen LogP contribution < -0.4 is 10.2 Å². The van der Waals surface area contributed by atoms with Gasteiger partial charge in [-0.05, 0) is 68.5 Å². The molecule has 6 nitrogen and oxygen atoms in total. The highest BCUT2D eigenvalue weighted by molar-refractivity contribution is 6.31. The lowest BCUT2D eigenvalue weighted by atomic mass is 10.0. The lowest BCUT2D eigenvalue weighted by Gasteiger charge is -2.30. The summed E-state index contributed by atoms with van der Waals surface area (Å²) in [5.74, 6) is -0.271. The largest absolute Gasteiger partial charge is 0.384 e. The number of anilines is 2. The summed E-state index contributed by atoms with van der Waals surface area (Å²) in [6, 6.07) is 13.4. The van der Waals surface area contributed by atoms with Crippen LogP contribution in [0.4, 0.5) is 11.4 Å². The molecule has 2 aromatic carbocycles. The van der Waals surface area contributed by atoms with Crippen LogP contribution in [0.2, 0.25) is 5.02 Å². The van der Waals surface area contributed by atoms with E-state index in [0.717, 1.165) is 80.4 Å². The highest BCUT2D eigenvalue weighted by Gasteiger charge is 2.38. The van der Waals surface area contributed by atoms with Crippen molar-refractivity contribution >= 4 is 45.7 Å². The molecule has 0 radical (unpaired) electrons. The Morgan fingerprint density at radius 1 is 0.914 bits per heavy atom. The van der Waals surface area contributed by atoms with Gasteiger partial charge in [0.2, 0.25) is 0 Å². The maximum absolute atomic E-state index is 13.2. The zero-order chi connectivity index (χ0) is 24.2. The smallest absolute Gasteiger partial charge is 0.263 e. The summed E-state index contributed by atoms with van der Waals surface area (Å²) >= 11 is 6.07. The summed E-state index contributed by atoms with van der Waals surface area (Å²) < 4.78 is 0. The van der Waals surface area contributed by atoms with Crippen LogP contribution in [0.5, 0.6) is 0 Å². The fourth-order valence-corrected chi connectivity index (χ4v) is 5.33. The molecule has 1 fully saturated rings. The standard InChI is InChI=1S/C28H31ClN4O2/c29-20-11-12-21-23(13-15-31-24(21)19-20)30-14-4-1-2-7-18-33-27(34)22-9-8-10-25(26(22)28(33)35)32-16-5-3-6-17-32/h8-13,15,19H,1-7,14,16-18H2,(H,30,31). The van der Waals surface area contributed by atoms with Crippen molar-refractivity contribution in [2.24, 2.45) is 0 Å². The van der Waals surface area contributed by atoms with Gasteiger partial charge < -0.3 is 10.2 Å². The molecule has 1 N–H and O–H groups in total. The average molecular weight is 491 g/mol. The number of carbonyl (C=O) groups excluding carboxylic acids is 2. The van der Waals surface area contributed by atoms with Gasteiger partial charge in [-0.1, -0.05) is 30.5 Å². The molecule has 35 heavy (non-hydrogen) atoms. The quantitative estimate of drug-likeness (QED) is 0.288. The minimum Gasteiger partial charge on any atom is -0.384 e. The first-order valence-corrected chi connectivity index (χ1v) is 13.0. The number of imide groups is 1. The molecule has 5 rings (SSSR count). The number of benzene rings is 2. The summed E-state index contributed by atoms with van der Waals surface area (Å²) in [6.45, 7) is 3.24. The molecule has 1 saturated heterocycles. The van der Waals surface area contributed by atoms with Crippen LogP contribution in [0, 0.1) is 0 Å². The molecule has 182 valence electrons. The van der Waals surface area contributed by atoms with Crippen molar-refractivity contribution in [3.63, 3.8) is 0 Å². The first-order valence-electron chi connectivity index (χ1n) is 12.7. The molecule has 3 aromatic rings. The number of hydrogen-bond donors (Lipinski definition) is 1. The van der Waals surface area contributed by atoms with E-state index in [2.05, 4.69) is 15.2 Å².